The summed E-state index contributed by atoms with van der Waals surface area (Å²) in [6.07, 6.45) is 4.24. The van der Waals surface area contributed by atoms with E-state index in [2.05, 4.69) is 9.97 Å². The summed E-state index contributed by atoms with van der Waals surface area (Å²) in [5, 5.41) is 9.24. The molecule has 0 unspecified atom stereocenters. The van der Waals surface area contributed by atoms with Gasteiger partial charge >= 0.3 is 5.12 Å². The van der Waals surface area contributed by atoms with Crippen molar-refractivity contribution < 1.29 is 27.3 Å². The first kappa shape index (κ1) is 22.2. The lowest BCUT2D eigenvalue weighted by molar-refractivity contribution is -0.384. The molecule has 0 saturated heterocycles. The fraction of sp³-hybridized carbons (Fsp3) is 0. The molecule has 0 bridgehead atoms. The molecule has 2 heterocycles. The van der Waals surface area contributed by atoms with Gasteiger partial charge in [-0.3, -0.25) is 19.9 Å². The van der Waals surface area contributed by atoms with E-state index in [1.807, 2.05) is 0 Å². The number of benzene rings is 2. The van der Waals surface area contributed by atoms with Crippen molar-refractivity contribution in [3.63, 3.8) is 0 Å². The summed E-state index contributed by atoms with van der Waals surface area (Å²) < 4.78 is 44.2. The van der Waals surface area contributed by atoms with E-state index in [0.717, 1.165) is 35.6 Å². The quantitative estimate of drug-likeness (QED) is 0.285. The van der Waals surface area contributed by atoms with E-state index >= 15 is 0 Å². The molecule has 2 aromatic heterocycles. The number of carbonyl (C=O) groups is 1. The van der Waals surface area contributed by atoms with Gasteiger partial charge in [0, 0.05) is 30.1 Å². The monoisotopic (exact) mass is 485 g/mol. The van der Waals surface area contributed by atoms with Crippen LogP contribution < -0.4 is 4.74 Å². The van der Waals surface area contributed by atoms with Crippen molar-refractivity contribution in [1.29, 1.82) is 0 Å². The van der Waals surface area contributed by atoms with Gasteiger partial charge in [-0.05, 0) is 42.5 Å². The first-order valence-electron chi connectivity index (χ1n) is 9.13. The van der Waals surface area contributed by atoms with Crippen molar-refractivity contribution in [1.82, 2.24) is 9.97 Å². The zero-order valence-electron chi connectivity index (χ0n) is 16.4. The summed E-state index contributed by atoms with van der Waals surface area (Å²) in [5.41, 5.74) is 0.197. The Balaban J connectivity index is 1.62. The van der Waals surface area contributed by atoms with E-state index in [9.17, 15) is 27.7 Å². The third-order valence-corrected chi connectivity index (χ3v) is 7.11. The van der Waals surface area contributed by atoms with Gasteiger partial charge in [-0.15, -0.1) is 11.3 Å². The van der Waals surface area contributed by atoms with Crippen LogP contribution >= 0.6 is 11.3 Å². The first-order chi connectivity index (χ1) is 15.8. The van der Waals surface area contributed by atoms with E-state index in [0.29, 0.717) is 21.9 Å². The number of pyridine rings is 1. The Morgan fingerprint density at radius 2 is 1.73 bits per heavy atom. The number of ether oxygens (including phenoxy) is 1. The summed E-state index contributed by atoms with van der Waals surface area (Å²) in [4.78, 5) is 30.8. The maximum Gasteiger partial charge on any atom is 0.309 e. The lowest BCUT2D eigenvalue weighted by atomic mass is 10.2. The number of hydrogen-bond acceptors (Lipinski definition) is 9. The highest BCUT2D eigenvalue weighted by atomic mass is 32.2. The molecule has 4 rings (SSSR count). The van der Waals surface area contributed by atoms with E-state index in [4.69, 9.17) is 4.74 Å². The average Bonchev–Trinajstić information content (AvgIpc) is 3.30. The molecule has 0 radical (unpaired) electrons. The zero-order valence-corrected chi connectivity index (χ0v) is 18.0. The van der Waals surface area contributed by atoms with Gasteiger partial charge in [-0.2, -0.15) is 0 Å². The van der Waals surface area contributed by atoms with Crippen LogP contribution in [0, 0.1) is 15.9 Å². The van der Waals surface area contributed by atoms with Crippen LogP contribution in [-0.4, -0.2) is 28.4 Å². The topological polar surface area (TPSA) is 129 Å². The van der Waals surface area contributed by atoms with Crippen molar-refractivity contribution in [2.45, 2.75) is 4.90 Å². The second-order valence-corrected chi connectivity index (χ2v) is 9.38. The molecule has 0 N–H and O–H groups in total. The Labute approximate surface area is 190 Å². The van der Waals surface area contributed by atoms with E-state index < -0.39 is 25.7 Å². The van der Waals surface area contributed by atoms with Crippen molar-refractivity contribution in [3.8, 4) is 21.9 Å². The van der Waals surface area contributed by atoms with Crippen LogP contribution in [0.15, 0.2) is 78.1 Å². The molecule has 4 aromatic rings. The highest BCUT2D eigenvalue weighted by Crippen LogP contribution is 2.36. The third-order valence-electron chi connectivity index (χ3n) is 4.37. The molecular formula is C21H12FN3O6S2. The third kappa shape index (κ3) is 4.61. The normalized spacial score (nSPS) is 11.2. The molecule has 33 heavy (non-hydrogen) atoms. The Kier molecular flexibility index (Phi) is 5.94. The van der Waals surface area contributed by atoms with Crippen LogP contribution in [-0.2, 0) is 9.84 Å². The molecule has 0 spiro atoms. The molecule has 0 atom stereocenters. The standard InChI is InChI=1S/C21H12FN3O6S2/c22-13-1-5-15(6-2-13)31-18-11-23-10-9-17(18)19-12-24-20(32-19)21(26)33(29,30)16-7-3-14(4-8-16)25(27)28/h1-12H. The minimum absolute atomic E-state index is 0.284. The summed E-state index contributed by atoms with van der Waals surface area (Å²) in [6, 6.07) is 10.9. The number of nitro groups is 1. The summed E-state index contributed by atoms with van der Waals surface area (Å²) >= 11 is 0.835. The number of aromatic nitrogens is 2. The Bertz CT molecular complexity index is 1450. The predicted molar refractivity (Wildman–Crippen MR) is 116 cm³/mol. The average molecular weight is 485 g/mol. The van der Waals surface area contributed by atoms with Crippen LogP contribution in [0.2, 0.25) is 0 Å². The molecule has 9 nitrogen and oxygen atoms in total. The summed E-state index contributed by atoms with van der Waals surface area (Å²) in [7, 11) is -4.46. The van der Waals surface area contributed by atoms with E-state index in [-0.39, 0.29) is 15.6 Å². The van der Waals surface area contributed by atoms with Gasteiger partial charge in [0.2, 0.25) is 9.84 Å². The van der Waals surface area contributed by atoms with Crippen LogP contribution in [0.1, 0.15) is 9.80 Å². The van der Waals surface area contributed by atoms with Crippen LogP contribution in [0.4, 0.5) is 10.1 Å². The number of hydrogen-bond donors (Lipinski definition) is 0. The first-order valence-corrected chi connectivity index (χ1v) is 11.4. The highest BCUT2D eigenvalue weighted by molar-refractivity contribution is 8.07. The molecule has 0 saturated carbocycles. The van der Waals surface area contributed by atoms with Gasteiger partial charge < -0.3 is 4.74 Å². The van der Waals surface area contributed by atoms with Gasteiger partial charge in [0.15, 0.2) is 10.8 Å². The molecular weight excluding hydrogens is 473 g/mol. The zero-order chi connectivity index (χ0) is 23.6. The predicted octanol–water partition coefficient (Wildman–Crippen LogP) is 4.66. The highest BCUT2D eigenvalue weighted by Gasteiger charge is 2.30. The number of halogens is 1. The number of nitrogens with zero attached hydrogens (tertiary/aromatic N) is 3. The molecule has 0 amide bonds. The number of thiazole rings is 1. The fourth-order valence-corrected chi connectivity index (χ4v) is 4.98. The van der Waals surface area contributed by atoms with Crippen molar-refractivity contribution >= 4 is 32.0 Å². The van der Waals surface area contributed by atoms with Crippen LogP contribution in [0.3, 0.4) is 0 Å². The second-order valence-electron chi connectivity index (χ2n) is 6.50. The number of carbonyl (C=O) groups excluding carboxylic acids is 1. The molecule has 0 aliphatic carbocycles. The number of non-ortho nitro benzene ring substituents is 1. The van der Waals surface area contributed by atoms with Gasteiger partial charge in [0.1, 0.15) is 11.6 Å². The summed E-state index contributed by atoms with van der Waals surface area (Å²) in [5.74, 6) is 0.228. The molecule has 166 valence electrons. The molecule has 2 aromatic carbocycles. The minimum Gasteiger partial charge on any atom is -0.455 e. The van der Waals surface area contributed by atoms with Gasteiger partial charge in [0.05, 0.1) is 20.9 Å². The van der Waals surface area contributed by atoms with Crippen molar-refractivity contribution in [2.24, 2.45) is 0 Å². The van der Waals surface area contributed by atoms with E-state index in [1.54, 1.807) is 6.07 Å². The SMILES string of the molecule is O=C(c1ncc(-c2ccncc2Oc2ccc(F)cc2)s1)S(=O)(=O)c1ccc([N+](=O)[O-])cc1. The maximum atomic E-state index is 13.1. The van der Waals surface area contributed by atoms with Gasteiger partial charge in [-0.1, -0.05) is 0 Å². The Morgan fingerprint density at radius 1 is 1.03 bits per heavy atom. The number of sulfone groups is 1. The number of rotatable bonds is 6. The van der Waals surface area contributed by atoms with Gasteiger partial charge in [-0.25, -0.2) is 17.8 Å². The maximum absolute atomic E-state index is 13.1. The fourth-order valence-electron chi connectivity index (χ4n) is 2.76. The van der Waals surface area contributed by atoms with Crippen LogP contribution in [0.25, 0.3) is 10.4 Å². The molecule has 0 aliphatic heterocycles. The van der Waals surface area contributed by atoms with Crippen molar-refractivity contribution in [3.05, 3.63) is 94.1 Å². The second kappa shape index (κ2) is 8.84. The summed E-state index contributed by atoms with van der Waals surface area (Å²) in [6.45, 7) is 0. The largest absolute Gasteiger partial charge is 0.455 e. The lowest BCUT2D eigenvalue weighted by Gasteiger charge is -2.09. The van der Waals surface area contributed by atoms with Crippen LogP contribution in [0.5, 0.6) is 11.5 Å². The Hall–Kier alpha value is -4.03. The minimum atomic E-state index is -4.46. The van der Waals surface area contributed by atoms with E-state index in [1.165, 1.54) is 42.9 Å². The van der Waals surface area contributed by atoms with Crippen molar-refractivity contribution in [2.75, 3.05) is 0 Å². The molecule has 12 heteroatoms. The van der Waals surface area contributed by atoms with Gasteiger partial charge in [0.25, 0.3) is 5.69 Å². The Morgan fingerprint density at radius 3 is 2.39 bits per heavy atom. The smallest absolute Gasteiger partial charge is 0.309 e. The molecule has 0 aliphatic rings. The lowest BCUT2D eigenvalue weighted by Crippen LogP contribution is -2.15. The molecule has 0 fully saturated rings. The number of nitro benzene ring substituents is 1.